The Bertz CT molecular complexity index is 517. The van der Waals surface area contributed by atoms with Crippen molar-refractivity contribution in [3.8, 4) is 0 Å². The predicted molar refractivity (Wildman–Crippen MR) is 76.7 cm³/mol. The summed E-state index contributed by atoms with van der Waals surface area (Å²) in [6.07, 6.45) is 3.30. The lowest BCUT2D eigenvalue weighted by Crippen LogP contribution is -2.40. The van der Waals surface area contributed by atoms with Crippen molar-refractivity contribution in [1.29, 1.82) is 0 Å². The quantitative estimate of drug-likeness (QED) is 0.914. The van der Waals surface area contributed by atoms with Crippen LogP contribution < -0.4 is 5.73 Å². The number of nitrogens with two attached hydrogens (primary N) is 1. The fourth-order valence-electron chi connectivity index (χ4n) is 2.51. The molecule has 19 heavy (non-hydrogen) atoms. The van der Waals surface area contributed by atoms with E-state index < -0.39 is 9.84 Å². The van der Waals surface area contributed by atoms with Gasteiger partial charge in [0.2, 0.25) is 0 Å². The average molecular weight is 282 g/mol. The Morgan fingerprint density at radius 1 is 1.21 bits per heavy atom. The fourth-order valence-corrected chi connectivity index (χ4v) is 3.14. The summed E-state index contributed by atoms with van der Waals surface area (Å²) in [7, 11) is -3.11. The Balaban J connectivity index is 2.09. The minimum atomic E-state index is -3.11. The molecule has 1 aliphatic heterocycles. The summed E-state index contributed by atoms with van der Waals surface area (Å²) in [6.45, 7) is 4.18. The van der Waals surface area contributed by atoms with Crippen LogP contribution in [0.4, 0.5) is 0 Å². The molecule has 1 fully saturated rings. The summed E-state index contributed by atoms with van der Waals surface area (Å²) >= 11 is 0. The normalized spacial score (nSPS) is 20.4. The molecule has 5 heteroatoms. The van der Waals surface area contributed by atoms with Gasteiger partial charge in [0.15, 0.2) is 9.84 Å². The summed E-state index contributed by atoms with van der Waals surface area (Å²) in [6, 6.07) is 7.84. The van der Waals surface area contributed by atoms with Crippen molar-refractivity contribution in [1.82, 2.24) is 4.90 Å². The van der Waals surface area contributed by atoms with E-state index in [1.54, 1.807) is 12.1 Å². The van der Waals surface area contributed by atoms with Crippen LogP contribution in [-0.4, -0.2) is 38.7 Å². The Morgan fingerprint density at radius 2 is 1.74 bits per heavy atom. The van der Waals surface area contributed by atoms with Gasteiger partial charge in [0.05, 0.1) is 4.90 Å². The van der Waals surface area contributed by atoms with Gasteiger partial charge in [0.1, 0.15) is 0 Å². The maximum Gasteiger partial charge on any atom is 0.175 e. The smallest absolute Gasteiger partial charge is 0.175 e. The molecule has 106 valence electrons. The highest BCUT2D eigenvalue weighted by atomic mass is 32.2. The summed E-state index contributed by atoms with van der Waals surface area (Å²) in [4.78, 5) is 2.78. The highest BCUT2D eigenvalue weighted by molar-refractivity contribution is 7.90. The van der Waals surface area contributed by atoms with E-state index in [-0.39, 0.29) is 0 Å². The Morgan fingerprint density at radius 3 is 2.21 bits per heavy atom. The molecule has 1 aromatic carbocycles. The molecule has 1 atom stereocenters. The minimum absolute atomic E-state index is 0.307. The summed E-state index contributed by atoms with van der Waals surface area (Å²) in [5.41, 5.74) is 7.07. The Labute approximate surface area is 115 Å². The van der Waals surface area contributed by atoms with Crippen LogP contribution in [0, 0.1) is 0 Å². The van der Waals surface area contributed by atoms with Crippen LogP contribution in [0.15, 0.2) is 29.2 Å². The Kier molecular flexibility index (Phi) is 4.28. The Hall–Kier alpha value is -0.910. The SMILES string of the molecule is C[C@H](c1ccc(S(C)(=O)=O)cc1)N1CCC(N)CC1. The van der Waals surface area contributed by atoms with Crippen molar-refractivity contribution in [2.75, 3.05) is 19.3 Å². The van der Waals surface area contributed by atoms with E-state index in [0.717, 1.165) is 31.5 Å². The van der Waals surface area contributed by atoms with E-state index >= 15 is 0 Å². The van der Waals surface area contributed by atoms with E-state index in [1.165, 1.54) is 6.26 Å². The second kappa shape index (κ2) is 5.61. The number of nitrogens with zero attached hydrogens (tertiary/aromatic N) is 1. The standard InChI is InChI=1S/C14H22N2O2S/c1-11(16-9-7-13(15)8-10-16)12-3-5-14(6-4-12)19(2,17)18/h3-6,11,13H,7-10,15H2,1-2H3/t11-/m1/s1. The molecule has 1 saturated heterocycles. The van der Waals surface area contributed by atoms with E-state index in [4.69, 9.17) is 5.73 Å². The largest absolute Gasteiger partial charge is 0.328 e. The number of sulfone groups is 1. The molecule has 0 aliphatic carbocycles. The van der Waals surface area contributed by atoms with Gasteiger partial charge in [0, 0.05) is 31.4 Å². The molecule has 0 bridgehead atoms. The van der Waals surface area contributed by atoms with Gasteiger partial charge in [-0.3, -0.25) is 4.90 Å². The number of benzene rings is 1. The maximum atomic E-state index is 11.4. The van der Waals surface area contributed by atoms with E-state index in [9.17, 15) is 8.42 Å². The summed E-state index contributed by atoms with van der Waals surface area (Å²) < 4.78 is 22.9. The molecular formula is C14H22N2O2S. The van der Waals surface area contributed by atoms with Crippen molar-refractivity contribution in [2.45, 2.75) is 36.7 Å². The molecule has 1 heterocycles. The summed E-state index contributed by atoms with van der Waals surface area (Å²) in [5, 5.41) is 0. The monoisotopic (exact) mass is 282 g/mol. The first-order valence-corrected chi connectivity index (χ1v) is 8.56. The molecule has 0 unspecified atom stereocenters. The van der Waals surface area contributed by atoms with E-state index in [0.29, 0.717) is 17.0 Å². The first-order valence-electron chi connectivity index (χ1n) is 6.67. The molecule has 0 amide bonds. The first-order chi connectivity index (χ1) is 8.88. The van der Waals surface area contributed by atoms with Crippen LogP contribution in [0.2, 0.25) is 0 Å². The molecule has 2 N–H and O–H groups in total. The number of piperidine rings is 1. The number of hydrogen-bond donors (Lipinski definition) is 1. The molecule has 0 radical (unpaired) electrons. The zero-order valence-electron chi connectivity index (χ0n) is 11.5. The van der Waals surface area contributed by atoms with Crippen LogP contribution in [0.5, 0.6) is 0 Å². The molecule has 1 aromatic rings. The molecule has 0 spiro atoms. The lowest BCUT2D eigenvalue weighted by atomic mass is 10.0. The van der Waals surface area contributed by atoms with E-state index in [1.807, 2.05) is 12.1 Å². The van der Waals surface area contributed by atoms with Crippen molar-refractivity contribution >= 4 is 9.84 Å². The predicted octanol–water partition coefficient (Wildman–Crippen LogP) is 1.57. The van der Waals surface area contributed by atoms with Crippen molar-refractivity contribution in [3.05, 3.63) is 29.8 Å². The molecule has 0 saturated carbocycles. The zero-order valence-corrected chi connectivity index (χ0v) is 12.4. The van der Waals surface area contributed by atoms with Gasteiger partial charge in [-0.15, -0.1) is 0 Å². The van der Waals surface area contributed by atoms with Gasteiger partial charge in [-0.1, -0.05) is 12.1 Å². The van der Waals surface area contributed by atoms with Gasteiger partial charge in [0.25, 0.3) is 0 Å². The van der Waals surface area contributed by atoms with Gasteiger partial charge in [-0.2, -0.15) is 0 Å². The van der Waals surface area contributed by atoms with Crippen molar-refractivity contribution in [2.24, 2.45) is 5.73 Å². The lowest BCUT2D eigenvalue weighted by molar-refractivity contribution is 0.163. The van der Waals surface area contributed by atoms with Gasteiger partial charge < -0.3 is 5.73 Å². The third-order valence-electron chi connectivity index (χ3n) is 3.91. The van der Waals surface area contributed by atoms with E-state index in [2.05, 4.69) is 11.8 Å². The molecule has 1 aliphatic rings. The van der Waals surface area contributed by atoms with Crippen LogP contribution in [0.25, 0.3) is 0 Å². The topological polar surface area (TPSA) is 63.4 Å². The van der Waals surface area contributed by atoms with Crippen molar-refractivity contribution in [3.63, 3.8) is 0 Å². The molecular weight excluding hydrogens is 260 g/mol. The maximum absolute atomic E-state index is 11.4. The fraction of sp³-hybridized carbons (Fsp3) is 0.571. The van der Waals surface area contributed by atoms with Crippen molar-refractivity contribution < 1.29 is 8.42 Å². The van der Waals surface area contributed by atoms with Gasteiger partial charge in [-0.05, 0) is 37.5 Å². The second-order valence-electron chi connectivity index (χ2n) is 5.39. The molecule has 4 nitrogen and oxygen atoms in total. The van der Waals surface area contributed by atoms with Gasteiger partial charge in [-0.25, -0.2) is 8.42 Å². The third-order valence-corrected chi connectivity index (χ3v) is 5.04. The highest BCUT2D eigenvalue weighted by Gasteiger charge is 2.21. The van der Waals surface area contributed by atoms with Crippen LogP contribution >= 0.6 is 0 Å². The highest BCUT2D eigenvalue weighted by Crippen LogP contribution is 2.24. The zero-order chi connectivity index (χ0) is 14.0. The van der Waals surface area contributed by atoms with Crippen LogP contribution in [-0.2, 0) is 9.84 Å². The number of hydrogen-bond acceptors (Lipinski definition) is 4. The first kappa shape index (κ1) is 14.5. The second-order valence-corrected chi connectivity index (χ2v) is 7.41. The molecule has 2 rings (SSSR count). The van der Waals surface area contributed by atoms with Crippen LogP contribution in [0.3, 0.4) is 0 Å². The van der Waals surface area contributed by atoms with Crippen LogP contribution in [0.1, 0.15) is 31.4 Å². The lowest BCUT2D eigenvalue weighted by Gasteiger charge is -2.35. The summed E-state index contributed by atoms with van der Waals surface area (Å²) in [5.74, 6) is 0. The molecule has 0 aromatic heterocycles. The average Bonchev–Trinajstić information content (AvgIpc) is 2.38. The number of likely N-dealkylation sites (tertiary alicyclic amines) is 1. The number of rotatable bonds is 3. The minimum Gasteiger partial charge on any atom is -0.328 e. The van der Waals surface area contributed by atoms with Gasteiger partial charge >= 0.3 is 0 Å². The third kappa shape index (κ3) is 3.55.